The molecule has 4 aromatic carbocycles. The van der Waals surface area contributed by atoms with Crippen LogP contribution < -0.4 is 24.4 Å². The highest BCUT2D eigenvalue weighted by Crippen LogP contribution is 2.54. The molecule has 5 fully saturated rings. The predicted octanol–water partition coefficient (Wildman–Crippen LogP) is 10.7. The molecule has 4 heterocycles. The molecular weight excluding hydrogens is 981 g/mol. The summed E-state index contributed by atoms with van der Waals surface area (Å²) in [5, 5.41) is 26.5. The molecule has 76 heavy (non-hydrogen) atoms. The largest absolute Gasteiger partial charge is 0.497 e. The van der Waals surface area contributed by atoms with Crippen LogP contribution in [0.3, 0.4) is 0 Å². The summed E-state index contributed by atoms with van der Waals surface area (Å²) in [5.74, 6) is 1.27. The zero-order valence-corrected chi connectivity index (χ0v) is 44.4. The SMILES string of the molecule is COc1ccc(CN2CCN(C3CC4(CCN(c5ccc(C(=O)NS(=O)(=O)c6ccc(NCC7CCC(C)(O)CC7)c([N+](=O)[O-])c6)c(Oc6cnc7[nH]ccc7c6)c5)CC4)C3)C(c3ccccc3C3CCCC3)C2)cc1. The van der Waals surface area contributed by atoms with Crippen LogP contribution in [-0.2, 0) is 16.6 Å². The second-order valence-corrected chi connectivity index (χ2v) is 24.2. The lowest BCUT2D eigenvalue weighted by Gasteiger charge is -2.58. The summed E-state index contributed by atoms with van der Waals surface area (Å²) >= 11 is 0. The van der Waals surface area contributed by atoms with Crippen LogP contribution in [-0.4, -0.2) is 102 Å². The van der Waals surface area contributed by atoms with Crippen molar-refractivity contribution in [2.75, 3.05) is 56.6 Å². The number of hydrogen-bond acceptors (Lipinski definition) is 13. The molecule has 1 spiro atoms. The van der Waals surface area contributed by atoms with Crippen molar-refractivity contribution in [1.29, 1.82) is 0 Å². The third-order valence-electron chi connectivity index (χ3n) is 17.5. The highest BCUT2D eigenvalue weighted by Gasteiger charge is 2.50. The van der Waals surface area contributed by atoms with Crippen LogP contribution >= 0.6 is 0 Å². The van der Waals surface area contributed by atoms with Gasteiger partial charge in [0.05, 0.1) is 34.3 Å². The van der Waals surface area contributed by atoms with Crippen LogP contribution in [0.5, 0.6) is 17.2 Å². The normalized spacial score (nSPS) is 22.6. The summed E-state index contributed by atoms with van der Waals surface area (Å²) in [4.78, 5) is 40.7. The van der Waals surface area contributed by atoms with Crippen molar-refractivity contribution < 1.29 is 32.7 Å². The number of methoxy groups -OCH3 is 1. The molecule has 3 saturated carbocycles. The fraction of sp³-hybridized carbons (Fsp3) is 0.458. The highest BCUT2D eigenvalue weighted by atomic mass is 32.2. The zero-order valence-electron chi connectivity index (χ0n) is 43.6. The number of aromatic nitrogens is 2. The highest BCUT2D eigenvalue weighted by molar-refractivity contribution is 7.90. The Morgan fingerprint density at radius 3 is 2.37 bits per heavy atom. The maximum atomic E-state index is 14.1. The van der Waals surface area contributed by atoms with Crippen molar-refractivity contribution in [2.24, 2.45) is 11.3 Å². The molecule has 0 radical (unpaired) electrons. The van der Waals surface area contributed by atoms with E-state index in [1.54, 1.807) is 43.3 Å². The minimum absolute atomic E-state index is 0.0239. The number of fused-ring (bicyclic) bond motifs is 1. The van der Waals surface area contributed by atoms with E-state index in [0.29, 0.717) is 48.8 Å². The van der Waals surface area contributed by atoms with Gasteiger partial charge >= 0.3 is 0 Å². The van der Waals surface area contributed by atoms with Gasteiger partial charge in [0.25, 0.3) is 21.6 Å². The smallest absolute Gasteiger partial charge is 0.293 e. The molecule has 5 aliphatic rings. The number of amides is 1. The second kappa shape index (κ2) is 21.5. The number of nitro benzene ring substituents is 1. The summed E-state index contributed by atoms with van der Waals surface area (Å²) in [5.41, 5.74) is 5.13. The number of benzene rings is 4. The third kappa shape index (κ3) is 11.2. The Morgan fingerprint density at radius 1 is 0.882 bits per heavy atom. The zero-order chi connectivity index (χ0) is 52.6. The van der Waals surface area contributed by atoms with Crippen LogP contribution in [0.15, 0.2) is 114 Å². The molecule has 0 bridgehead atoms. The van der Waals surface area contributed by atoms with Gasteiger partial charge in [-0.2, -0.15) is 0 Å². The van der Waals surface area contributed by atoms with Crippen LogP contribution in [0, 0.1) is 21.4 Å². The Kier molecular flexibility index (Phi) is 14.6. The average molecular weight is 1050 g/mol. The summed E-state index contributed by atoms with van der Waals surface area (Å²) in [6.45, 7) is 7.84. The van der Waals surface area contributed by atoms with E-state index in [9.17, 15) is 28.4 Å². The van der Waals surface area contributed by atoms with Crippen molar-refractivity contribution in [1.82, 2.24) is 24.5 Å². The lowest BCUT2D eigenvalue weighted by molar-refractivity contribution is -0.384. The van der Waals surface area contributed by atoms with E-state index in [0.717, 1.165) is 101 Å². The van der Waals surface area contributed by atoms with Crippen molar-refractivity contribution in [2.45, 2.75) is 119 Å². The topological polar surface area (TPSA) is 195 Å². The molecule has 2 aromatic heterocycles. The number of nitrogens with one attached hydrogen (secondary N) is 3. The molecule has 2 saturated heterocycles. The van der Waals surface area contributed by atoms with Gasteiger partial charge in [0, 0.05) is 87.3 Å². The maximum absolute atomic E-state index is 14.1. The van der Waals surface area contributed by atoms with E-state index in [2.05, 4.69) is 83.2 Å². The number of H-pyrrole nitrogens is 1. The summed E-state index contributed by atoms with van der Waals surface area (Å²) < 4.78 is 41.8. The molecule has 1 unspecified atom stereocenters. The maximum Gasteiger partial charge on any atom is 0.293 e. The second-order valence-electron chi connectivity index (χ2n) is 22.6. The van der Waals surface area contributed by atoms with Gasteiger partial charge in [-0.25, -0.2) is 18.1 Å². The van der Waals surface area contributed by atoms with Crippen LogP contribution in [0.1, 0.15) is 123 Å². The van der Waals surface area contributed by atoms with Gasteiger partial charge in [0.1, 0.15) is 28.6 Å². The van der Waals surface area contributed by atoms with Gasteiger partial charge in [0.15, 0.2) is 0 Å². The van der Waals surface area contributed by atoms with Crippen molar-refractivity contribution in [3.63, 3.8) is 0 Å². The average Bonchev–Trinajstić information content (AvgIpc) is 4.15. The van der Waals surface area contributed by atoms with Gasteiger partial charge in [0.2, 0.25) is 0 Å². The number of aromatic amines is 1. The van der Waals surface area contributed by atoms with Gasteiger partial charge in [-0.15, -0.1) is 0 Å². The Hall–Kier alpha value is -6.53. The lowest BCUT2D eigenvalue weighted by Crippen LogP contribution is -2.60. The summed E-state index contributed by atoms with van der Waals surface area (Å²) in [6.07, 6.45) is 15.6. The van der Waals surface area contributed by atoms with Crippen LogP contribution in [0.25, 0.3) is 11.0 Å². The number of nitro groups is 1. The monoisotopic (exact) mass is 1050 g/mol. The Bertz CT molecular complexity index is 3170. The first-order valence-electron chi connectivity index (χ1n) is 27.2. The van der Waals surface area contributed by atoms with E-state index in [1.165, 1.54) is 48.9 Å². The van der Waals surface area contributed by atoms with Crippen molar-refractivity contribution in [3.8, 4) is 17.2 Å². The minimum Gasteiger partial charge on any atom is -0.497 e. The number of aliphatic hydroxyl groups is 1. The molecule has 6 aromatic rings. The number of anilines is 2. The number of piperazine rings is 1. The minimum atomic E-state index is -4.59. The molecular formula is C59H70N8O8S. The number of pyridine rings is 1. The molecule has 3 aliphatic carbocycles. The first-order chi connectivity index (χ1) is 36.7. The first-order valence-corrected chi connectivity index (χ1v) is 28.7. The molecule has 400 valence electrons. The summed E-state index contributed by atoms with van der Waals surface area (Å²) in [7, 11) is -2.88. The Balaban J connectivity index is 0.782. The van der Waals surface area contributed by atoms with E-state index >= 15 is 0 Å². The molecule has 4 N–H and O–H groups in total. The third-order valence-corrected chi connectivity index (χ3v) is 18.8. The number of nitrogens with zero attached hydrogens (tertiary/aromatic N) is 5. The quantitative estimate of drug-likeness (QED) is 0.0529. The van der Waals surface area contributed by atoms with Gasteiger partial charge in [-0.1, -0.05) is 49.2 Å². The number of rotatable bonds is 16. The number of piperidine rings is 1. The summed E-state index contributed by atoms with van der Waals surface area (Å²) in [6, 6.07) is 31.1. The molecule has 11 rings (SSSR count). The predicted molar refractivity (Wildman–Crippen MR) is 294 cm³/mol. The van der Waals surface area contributed by atoms with Gasteiger partial charge < -0.3 is 29.8 Å². The molecule has 2 aliphatic heterocycles. The number of ether oxygens (including phenoxy) is 2. The first kappa shape index (κ1) is 51.6. The van der Waals surface area contributed by atoms with E-state index in [4.69, 9.17) is 9.47 Å². The number of carbonyl (C=O) groups excluding carboxylic acids is 1. The van der Waals surface area contributed by atoms with Gasteiger partial charge in [-0.05, 0) is 154 Å². The molecule has 1 atom stereocenters. The Labute approximate surface area is 445 Å². The fourth-order valence-corrected chi connectivity index (χ4v) is 14.0. The molecule has 16 nitrogen and oxygen atoms in total. The number of sulfonamides is 1. The molecule has 1 amide bonds. The van der Waals surface area contributed by atoms with E-state index in [-0.39, 0.29) is 28.3 Å². The van der Waals surface area contributed by atoms with Crippen molar-refractivity contribution in [3.05, 3.63) is 142 Å². The van der Waals surface area contributed by atoms with Crippen molar-refractivity contribution >= 4 is 44.0 Å². The lowest BCUT2D eigenvalue weighted by atomic mass is 9.59. The van der Waals surface area contributed by atoms with Crippen LogP contribution in [0.2, 0.25) is 0 Å². The van der Waals surface area contributed by atoms with Gasteiger partial charge in [-0.3, -0.25) is 24.7 Å². The number of carbonyl (C=O) groups is 1. The number of hydrogen-bond donors (Lipinski definition) is 4. The van der Waals surface area contributed by atoms with Crippen LogP contribution in [0.4, 0.5) is 17.1 Å². The fourth-order valence-electron chi connectivity index (χ4n) is 13.0. The molecule has 17 heteroatoms. The standard InChI is InChI=1S/C59H70N8O8S/c1-58(69)22-19-40(20-23-58)36-61-52-18-16-48(33-53(52)67(70)71)76(72,73)63-57(68)51-17-13-44(32-55(51)75-47-31-43-21-26-60-56(43)62-37-47)65-27-24-59(25-28-65)34-45(35-59)66-30-29-64(38-41-11-14-46(74-2)15-12-41)39-54(66)50-10-6-5-9-49(50)42-7-3-4-8-42/h5-6,9-18,21,26,31-33,37,40,42,45,54,61,69H,3-4,7-8,19-20,22-25,27-30,34-36,38-39H2,1-2H3,(H,60,62)(H,63,68). The van der Waals surface area contributed by atoms with E-state index in [1.807, 2.05) is 19.1 Å². The Morgan fingerprint density at radius 2 is 1.63 bits per heavy atom. The van der Waals surface area contributed by atoms with E-state index < -0.39 is 37.0 Å².